The highest BCUT2D eigenvalue weighted by Gasteiger charge is 2.22. The summed E-state index contributed by atoms with van der Waals surface area (Å²) in [7, 11) is 0. The topological polar surface area (TPSA) is 60.5 Å². The number of ether oxygens (including phenoxy) is 2. The molecule has 3 aromatic carbocycles. The number of carbonyl (C=O) groups is 1. The SMILES string of the molecule is CC(C)(C)OC(=O)Nc1ncc(C(Oc2ccc(Cc3ccccc3)cc2)c2ccc(Cl)cc2)s1. The molecule has 4 rings (SSSR count). The fraction of sp³-hybridized carbons (Fsp3) is 0.214. The van der Waals surface area contributed by atoms with Gasteiger partial charge in [0.25, 0.3) is 0 Å². The van der Waals surface area contributed by atoms with E-state index >= 15 is 0 Å². The van der Waals surface area contributed by atoms with Crippen LogP contribution < -0.4 is 10.1 Å². The van der Waals surface area contributed by atoms with E-state index in [0.29, 0.717) is 10.2 Å². The minimum absolute atomic E-state index is 0.418. The quantitative estimate of drug-likeness (QED) is 0.276. The van der Waals surface area contributed by atoms with Crippen LogP contribution in [0.15, 0.2) is 85.1 Å². The molecule has 5 nitrogen and oxygen atoms in total. The molecular weight excluding hydrogens is 480 g/mol. The lowest BCUT2D eigenvalue weighted by Crippen LogP contribution is -2.27. The van der Waals surface area contributed by atoms with E-state index in [1.165, 1.54) is 22.5 Å². The molecule has 4 aromatic rings. The van der Waals surface area contributed by atoms with Crippen molar-refractivity contribution >= 4 is 34.2 Å². The third kappa shape index (κ3) is 7.31. The standard InChI is InChI=1S/C28H27ClN2O3S/c1-28(2,3)34-27(32)31-26-30-18-24(35-26)25(21-11-13-22(29)14-12-21)33-23-15-9-20(10-16-23)17-19-7-5-4-6-8-19/h4-16,18,25H,17H2,1-3H3,(H,30,31,32). The third-order valence-corrected chi connectivity index (χ3v) is 6.20. The zero-order valence-corrected chi connectivity index (χ0v) is 21.4. The van der Waals surface area contributed by atoms with Gasteiger partial charge < -0.3 is 9.47 Å². The molecule has 0 aliphatic carbocycles. The van der Waals surface area contributed by atoms with Crippen molar-refractivity contribution in [3.63, 3.8) is 0 Å². The van der Waals surface area contributed by atoms with E-state index in [-0.39, 0.29) is 0 Å². The van der Waals surface area contributed by atoms with E-state index in [4.69, 9.17) is 21.1 Å². The number of amides is 1. The molecule has 180 valence electrons. The van der Waals surface area contributed by atoms with Crippen molar-refractivity contribution in [1.29, 1.82) is 0 Å². The summed E-state index contributed by atoms with van der Waals surface area (Å²) in [4.78, 5) is 17.3. The molecule has 1 unspecified atom stereocenters. The van der Waals surface area contributed by atoms with Gasteiger partial charge in [0.2, 0.25) is 0 Å². The molecule has 1 aromatic heterocycles. The number of halogens is 1. The van der Waals surface area contributed by atoms with E-state index in [9.17, 15) is 4.79 Å². The van der Waals surface area contributed by atoms with Crippen LogP contribution in [0, 0.1) is 0 Å². The molecule has 7 heteroatoms. The monoisotopic (exact) mass is 506 g/mol. The number of carbonyl (C=O) groups excluding carboxylic acids is 1. The first-order chi connectivity index (χ1) is 16.7. The summed E-state index contributed by atoms with van der Waals surface area (Å²) in [5.41, 5.74) is 2.80. The molecule has 0 saturated heterocycles. The lowest BCUT2D eigenvalue weighted by Gasteiger charge is -2.19. The van der Waals surface area contributed by atoms with Crippen LogP contribution in [0.4, 0.5) is 9.93 Å². The van der Waals surface area contributed by atoms with Gasteiger partial charge in [-0.3, -0.25) is 5.32 Å². The van der Waals surface area contributed by atoms with Crippen molar-refractivity contribution in [2.24, 2.45) is 0 Å². The Morgan fingerprint density at radius 2 is 1.63 bits per heavy atom. The fourth-order valence-corrected chi connectivity index (χ4v) is 4.42. The van der Waals surface area contributed by atoms with Crippen molar-refractivity contribution < 1.29 is 14.3 Å². The second-order valence-electron chi connectivity index (χ2n) is 9.05. The number of nitrogens with one attached hydrogen (secondary N) is 1. The van der Waals surface area contributed by atoms with Gasteiger partial charge >= 0.3 is 6.09 Å². The van der Waals surface area contributed by atoms with Crippen LogP contribution in [0.5, 0.6) is 5.75 Å². The molecule has 0 saturated carbocycles. The first kappa shape index (κ1) is 24.8. The molecule has 0 radical (unpaired) electrons. The maximum atomic E-state index is 12.2. The predicted molar refractivity (Wildman–Crippen MR) is 142 cm³/mol. The van der Waals surface area contributed by atoms with Crippen LogP contribution in [0.3, 0.4) is 0 Å². The Hall–Kier alpha value is -3.35. The van der Waals surface area contributed by atoms with Crippen LogP contribution in [-0.4, -0.2) is 16.7 Å². The summed E-state index contributed by atoms with van der Waals surface area (Å²) in [6, 6.07) is 26.0. The molecule has 0 fully saturated rings. The Labute approximate surface area is 214 Å². The molecule has 0 spiro atoms. The second kappa shape index (κ2) is 10.9. The number of hydrogen-bond acceptors (Lipinski definition) is 5. The fourth-order valence-electron chi connectivity index (χ4n) is 3.44. The van der Waals surface area contributed by atoms with E-state index in [1.807, 2.05) is 75.4 Å². The maximum absolute atomic E-state index is 12.2. The van der Waals surface area contributed by atoms with Crippen molar-refractivity contribution in [2.45, 2.75) is 38.9 Å². The van der Waals surface area contributed by atoms with Gasteiger partial charge in [-0.1, -0.05) is 77.5 Å². The van der Waals surface area contributed by atoms with Gasteiger partial charge in [-0.15, -0.1) is 0 Å². The largest absolute Gasteiger partial charge is 0.480 e. The zero-order valence-electron chi connectivity index (χ0n) is 19.8. The van der Waals surface area contributed by atoms with Gasteiger partial charge in [-0.05, 0) is 68.1 Å². The molecule has 1 heterocycles. The van der Waals surface area contributed by atoms with Crippen LogP contribution in [0.2, 0.25) is 5.02 Å². The van der Waals surface area contributed by atoms with Crippen molar-refractivity contribution in [2.75, 3.05) is 5.32 Å². The molecule has 0 bridgehead atoms. The average molecular weight is 507 g/mol. The Bertz CT molecular complexity index is 1250. The molecule has 35 heavy (non-hydrogen) atoms. The van der Waals surface area contributed by atoms with Gasteiger partial charge in [-0.25, -0.2) is 9.78 Å². The molecular formula is C28H27ClN2O3S. The van der Waals surface area contributed by atoms with E-state index in [1.54, 1.807) is 6.20 Å². The lowest BCUT2D eigenvalue weighted by molar-refractivity contribution is 0.0636. The van der Waals surface area contributed by atoms with E-state index in [2.05, 4.69) is 34.6 Å². The first-order valence-corrected chi connectivity index (χ1v) is 12.5. The Balaban J connectivity index is 1.52. The summed E-state index contributed by atoms with van der Waals surface area (Å²) in [5, 5.41) is 3.79. The highest BCUT2D eigenvalue weighted by Crippen LogP contribution is 2.34. The summed E-state index contributed by atoms with van der Waals surface area (Å²) in [5.74, 6) is 0.733. The number of nitrogens with zero attached hydrogens (tertiary/aromatic N) is 1. The summed E-state index contributed by atoms with van der Waals surface area (Å²) in [6.45, 7) is 5.44. The van der Waals surface area contributed by atoms with Gasteiger partial charge in [0.1, 0.15) is 11.4 Å². The Kier molecular flexibility index (Phi) is 7.73. The number of thiazole rings is 1. The first-order valence-electron chi connectivity index (χ1n) is 11.3. The van der Waals surface area contributed by atoms with Gasteiger partial charge in [0.05, 0.1) is 4.88 Å². The molecule has 0 aliphatic heterocycles. The van der Waals surface area contributed by atoms with Crippen LogP contribution in [-0.2, 0) is 11.2 Å². The second-order valence-corrected chi connectivity index (χ2v) is 10.5. The highest BCUT2D eigenvalue weighted by molar-refractivity contribution is 7.15. The highest BCUT2D eigenvalue weighted by atomic mass is 35.5. The normalized spacial score (nSPS) is 12.1. The minimum atomic E-state index is -0.591. The summed E-state index contributed by atoms with van der Waals surface area (Å²) >= 11 is 7.45. The van der Waals surface area contributed by atoms with Crippen molar-refractivity contribution in [3.8, 4) is 5.75 Å². The minimum Gasteiger partial charge on any atom is -0.480 e. The van der Waals surface area contributed by atoms with Crippen LogP contribution >= 0.6 is 22.9 Å². The number of anilines is 1. The van der Waals surface area contributed by atoms with Crippen molar-refractivity contribution in [3.05, 3.63) is 112 Å². The summed E-state index contributed by atoms with van der Waals surface area (Å²) in [6.07, 6.45) is 1.60. The third-order valence-electron chi connectivity index (χ3n) is 4.99. The maximum Gasteiger partial charge on any atom is 0.413 e. The number of aromatic nitrogens is 1. The van der Waals surface area contributed by atoms with Crippen LogP contribution in [0.25, 0.3) is 0 Å². The summed E-state index contributed by atoms with van der Waals surface area (Å²) < 4.78 is 11.7. The smallest absolute Gasteiger partial charge is 0.413 e. The number of hydrogen-bond donors (Lipinski definition) is 1. The van der Waals surface area contributed by atoms with Crippen LogP contribution in [0.1, 0.15) is 48.4 Å². The van der Waals surface area contributed by atoms with Crippen molar-refractivity contribution in [1.82, 2.24) is 4.98 Å². The Morgan fingerprint density at radius 1 is 0.971 bits per heavy atom. The van der Waals surface area contributed by atoms with Gasteiger partial charge in [-0.2, -0.15) is 0 Å². The molecule has 0 aliphatic rings. The number of rotatable bonds is 7. The number of benzene rings is 3. The molecule has 1 amide bonds. The zero-order chi connectivity index (χ0) is 24.8. The molecule has 1 N–H and O–H groups in total. The predicted octanol–water partition coefficient (Wildman–Crippen LogP) is 7.90. The van der Waals surface area contributed by atoms with Gasteiger partial charge in [0, 0.05) is 11.2 Å². The lowest BCUT2D eigenvalue weighted by atomic mass is 10.0. The van der Waals surface area contributed by atoms with Gasteiger partial charge in [0.15, 0.2) is 11.2 Å². The average Bonchev–Trinajstić information content (AvgIpc) is 3.26. The Morgan fingerprint density at radius 3 is 2.29 bits per heavy atom. The molecule has 1 atom stereocenters. The van der Waals surface area contributed by atoms with E-state index in [0.717, 1.165) is 22.6 Å². The van der Waals surface area contributed by atoms with E-state index < -0.39 is 17.8 Å².